The Labute approximate surface area is 179 Å². The second kappa shape index (κ2) is 8.06. The van der Waals surface area contributed by atoms with Crippen molar-refractivity contribution in [1.82, 2.24) is 5.32 Å². The first-order chi connectivity index (χ1) is 14.8. The van der Waals surface area contributed by atoms with Crippen molar-refractivity contribution in [2.45, 2.75) is 5.92 Å². The quantitative estimate of drug-likeness (QED) is 0.435. The summed E-state index contributed by atoms with van der Waals surface area (Å²) in [7, 11) is 0. The molecule has 1 aliphatic carbocycles. The summed E-state index contributed by atoms with van der Waals surface area (Å²) >= 11 is 1.71. The molecule has 3 aromatic carbocycles. The molecule has 0 fully saturated rings. The van der Waals surface area contributed by atoms with Crippen LogP contribution in [0.15, 0.2) is 78.2 Å². The van der Waals surface area contributed by atoms with Crippen LogP contribution in [0.1, 0.15) is 22.6 Å². The Morgan fingerprint density at radius 3 is 2.47 bits per heavy atom. The molecule has 3 nitrogen and oxygen atoms in total. The van der Waals surface area contributed by atoms with Gasteiger partial charge in [0.1, 0.15) is 6.61 Å². The fraction of sp³-hybridized carbons (Fsp3) is 0.115. The third kappa shape index (κ3) is 3.56. The largest absolute Gasteiger partial charge is 0.449 e. The van der Waals surface area contributed by atoms with Gasteiger partial charge in [-0.1, -0.05) is 60.4 Å². The van der Waals surface area contributed by atoms with Crippen LogP contribution in [0.3, 0.4) is 0 Å². The molecular formula is C26H19NO2S. The van der Waals surface area contributed by atoms with Crippen molar-refractivity contribution in [2.75, 3.05) is 13.2 Å². The van der Waals surface area contributed by atoms with E-state index in [2.05, 4.69) is 65.0 Å². The first kappa shape index (κ1) is 18.5. The van der Waals surface area contributed by atoms with Crippen molar-refractivity contribution in [1.29, 1.82) is 0 Å². The van der Waals surface area contributed by atoms with Crippen molar-refractivity contribution >= 4 is 27.5 Å². The molecule has 0 aliphatic heterocycles. The van der Waals surface area contributed by atoms with Gasteiger partial charge in [0.2, 0.25) is 0 Å². The van der Waals surface area contributed by atoms with E-state index in [1.807, 2.05) is 30.3 Å². The van der Waals surface area contributed by atoms with Gasteiger partial charge in [0, 0.05) is 16.2 Å². The first-order valence-corrected chi connectivity index (χ1v) is 10.7. The predicted molar refractivity (Wildman–Crippen MR) is 122 cm³/mol. The van der Waals surface area contributed by atoms with E-state index >= 15 is 0 Å². The van der Waals surface area contributed by atoms with E-state index in [0.717, 1.165) is 5.56 Å². The maximum absolute atomic E-state index is 12.2. The van der Waals surface area contributed by atoms with Gasteiger partial charge in [0.25, 0.3) is 0 Å². The molecule has 4 heteroatoms. The van der Waals surface area contributed by atoms with Crippen LogP contribution in [0.2, 0.25) is 0 Å². The monoisotopic (exact) mass is 409 g/mol. The van der Waals surface area contributed by atoms with Gasteiger partial charge in [-0.05, 0) is 57.3 Å². The van der Waals surface area contributed by atoms with E-state index in [0.29, 0.717) is 6.61 Å². The van der Waals surface area contributed by atoms with Crippen LogP contribution >= 0.6 is 11.3 Å². The Morgan fingerprint density at radius 2 is 1.70 bits per heavy atom. The second-order valence-electron chi connectivity index (χ2n) is 7.15. The lowest BCUT2D eigenvalue weighted by atomic mass is 9.98. The van der Waals surface area contributed by atoms with Crippen LogP contribution in [0, 0.1) is 11.8 Å². The molecule has 1 heterocycles. The molecule has 0 saturated carbocycles. The lowest BCUT2D eigenvalue weighted by Crippen LogP contribution is -2.26. The number of thiophene rings is 1. The molecular weight excluding hydrogens is 390 g/mol. The van der Waals surface area contributed by atoms with Crippen molar-refractivity contribution in [3.63, 3.8) is 0 Å². The number of fused-ring (bicyclic) bond motifs is 4. The van der Waals surface area contributed by atoms with E-state index in [4.69, 9.17) is 4.74 Å². The molecule has 1 aliphatic rings. The van der Waals surface area contributed by atoms with Crippen LogP contribution in [-0.4, -0.2) is 19.2 Å². The normalized spacial score (nSPS) is 12.0. The maximum atomic E-state index is 12.2. The molecule has 0 bridgehead atoms. The SMILES string of the molecule is O=C(NCC#Cc1ccc2sccc2c1)OCC1c2ccccc2-c2ccccc21. The maximum Gasteiger partial charge on any atom is 0.407 e. The third-order valence-corrected chi connectivity index (χ3v) is 6.25. The van der Waals surface area contributed by atoms with Crippen molar-refractivity contribution in [3.8, 4) is 23.0 Å². The zero-order chi connectivity index (χ0) is 20.3. The van der Waals surface area contributed by atoms with Gasteiger partial charge < -0.3 is 10.1 Å². The minimum atomic E-state index is -0.445. The molecule has 4 aromatic rings. The van der Waals surface area contributed by atoms with Crippen molar-refractivity contribution in [3.05, 3.63) is 94.9 Å². The van der Waals surface area contributed by atoms with Crippen LogP contribution in [0.4, 0.5) is 4.79 Å². The summed E-state index contributed by atoms with van der Waals surface area (Å²) in [6.45, 7) is 0.556. The Bertz CT molecular complexity index is 1250. The molecule has 1 aromatic heterocycles. The highest BCUT2D eigenvalue weighted by Crippen LogP contribution is 2.44. The smallest absolute Gasteiger partial charge is 0.407 e. The van der Waals surface area contributed by atoms with Crippen LogP contribution in [0.25, 0.3) is 21.2 Å². The Morgan fingerprint density at radius 1 is 0.967 bits per heavy atom. The zero-order valence-corrected chi connectivity index (χ0v) is 17.0. The van der Waals surface area contributed by atoms with Gasteiger partial charge in [-0.15, -0.1) is 11.3 Å². The Hall–Kier alpha value is -3.55. The lowest BCUT2D eigenvalue weighted by molar-refractivity contribution is 0.144. The molecule has 0 atom stereocenters. The number of hydrogen-bond acceptors (Lipinski definition) is 3. The van der Waals surface area contributed by atoms with Gasteiger partial charge in [0.05, 0.1) is 6.54 Å². The molecule has 146 valence electrons. The molecule has 1 N–H and O–H groups in total. The number of alkyl carbamates (subject to hydrolysis) is 1. The number of carbonyl (C=O) groups is 1. The van der Waals surface area contributed by atoms with E-state index in [1.165, 1.54) is 32.3 Å². The summed E-state index contributed by atoms with van der Waals surface area (Å²) in [5.74, 6) is 6.14. The summed E-state index contributed by atoms with van der Waals surface area (Å²) in [6.07, 6.45) is -0.445. The Kier molecular flexibility index (Phi) is 4.96. The standard InChI is InChI=1S/C26H19NO2S/c28-26(27-14-5-6-18-11-12-25-19(16-18)13-15-30-25)29-17-24-22-9-3-1-7-20(22)21-8-2-4-10-23(21)24/h1-4,7-13,15-16,24H,14,17H2,(H,27,28). The molecule has 0 spiro atoms. The highest BCUT2D eigenvalue weighted by molar-refractivity contribution is 7.17. The molecule has 0 unspecified atom stereocenters. The summed E-state index contributed by atoms with van der Waals surface area (Å²) in [5, 5.41) is 5.99. The van der Waals surface area contributed by atoms with Crippen molar-refractivity contribution in [2.24, 2.45) is 0 Å². The van der Waals surface area contributed by atoms with E-state index < -0.39 is 6.09 Å². The highest BCUT2D eigenvalue weighted by atomic mass is 32.1. The number of nitrogens with one attached hydrogen (secondary N) is 1. The highest BCUT2D eigenvalue weighted by Gasteiger charge is 2.28. The minimum absolute atomic E-state index is 0.0616. The third-order valence-electron chi connectivity index (χ3n) is 5.35. The summed E-state index contributed by atoms with van der Waals surface area (Å²) < 4.78 is 6.77. The predicted octanol–water partition coefficient (Wildman–Crippen LogP) is 5.79. The van der Waals surface area contributed by atoms with Gasteiger partial charge in [-0.3, -0.25) is 0 Å². The van der Waals surface area contributed by atoms with E-state index in [1.54, 1.807) is 11.3 Å². The van der Waals surface area contributed by atoms with Crippen LogP contribution in [-0.2, 0) is 4.74 Å². The zero-order valence-electron chi connectivity index (χ0n) is 16.2. The first-order valence-electron chi connectivity index (χ1n) is 9.84. The van der Waals surface area contributed by atoms with Gasteiger partial charge in [-0.2, -0.15) is 0 Å². The van der Waals surface area contributed by atoms with Gasteiger partial charge in [-0.25, -0.2) is 4.79 Å². The summed E-state index contributed by atoms with van der Waals surface area (Å²) in [4.78, 5) is 12.2. The van der Waals surface area contributed by atoms with Gasteiger partial charge in [0.15, 0.2) is 0 Å². The number of ether oxygens (including phenoxy) is 1. The summed E-state index contributed by atoms with van der Waals surface area (Å²) in [5.41, 5.74) is 5.78. The molecule has 0 radical (unpaired) electrons. The average Bonchev–Trinajstić information content (AvgIpc) is 3.37. The van der Waals surface area contributed by atoms with E-state index in [9.17, 15) is 4.79 Å². The number of hydrogen-bond donors (Lipinski definition) is 1. The molecule has 0 saturated heterocycles. The molecule has 30 heavy (non-hydrogen) atoms. The van der Waals surface area contributed by atoms with Crippen molar-refractivity contribution < 1.29 is 9.53 Å². The minimum Gasteiger partial charge on any atom is -0.449 e. The Balaban J connectivity index is 1.19. The van der Waals surface area contributed by atoms with Crippen LogP contribution < -0.4 is 5.32 Å². The number of rotatable bonds is 3. The van der Waals surface area contributed by atoms with Crippen LogP contribution in [0.5, 0.6) is 0 Å². The second-order valence-corrected chi connectivity index (χ2v) is 8.10. The number of amides is 1. The number of benzene rings is 3. The fourth-order valence-electron chi connectivity index (χ4n) is 3.96. The molecule has 1 amide bonds. The number of carbonyl (C=O) groups excluding carboxylic acids is 1. The van der Waals surface area contributed by atoms with Gasteiger partial charge >= 0.3 is 6.09 Å². The lowest BCUT2D eigenvalue weighted by Gasteiger charge is -2.14. The van der Waals surface area contributed by atoms with E-state index in [-0.39, 0.29) is 12.5 Å². The topological polar surface area (TPSA) is 38.3 Å². The summed E-state index contributed by atoms with van der Waals surface area (Å²) in [6, 6.07) is 24.8. The fourth-order valence-corrected chi connectivity index (χ4v) is 4.73. The average molecular weight is 410 g/mol. The molecule has 5 rings (SSSR count).